The molecule has 6 nitrogen and oxygen atoms in total. The van der Waals surface area contributed by atoms with Crippen LogP contribution in [0.15, 0.2) is 0 Å². The van der Waals surface area contributed by atoms with Crippen LogP contribution in [0.4, 0.5) is 0 Å². The van der Waals surface area contributed by atoms with Crippen molar-refractivity contribution in [3.05, 3.63) is 0 Å². The van der Waals surface area contributed by atoms with E-state index in [9.17, 15) is 9.59 Å². The first-order valence-electron chi connectivity index (χ1n) is 8.46. The number of rotatable bonds is 15. The summed E-state index contributed by atoms with van der Waals surface area (Å²) in [6, 6.07) is 0. The predicted octanol–water partition coefficient (Wildman–Crippen LogP) is 1.81. The molecule has 0 bridgehead atoms. The maximum absolute atomic E-state index is 11.5. The van der Waals surface area contributed by atoms with E-state index in [1.165, 1.54) is 0 Å². The van der Waals surface area contributed by atoms with Gasteiger partial charge in [-0.15, -0.1) is 0 Å². The van der Waals surface area contributed by atoms with Gasteiger partial charge < -0.3 is 19.5 Å². The molecule has 0 unspecified atom stereocenters. The van der Waals surface area contributed by atoms with Crippen molar-refractivity contribution in [2.45, 2.75) is 40.5 Å². The average Bonchev–Trinajstić information content (AvgIpc) is 2.49. The van der Waals surface area contributed by atoms with Crippen LogP contribution in [0.1, 0.15) is 40.5 Å². The minimum Gasteiger partial charge on any atom is -0.379 e. The number of ketones is 1. The Bertz CT molecular complexity index is 318. The number of hydrogen-bond donors (Lipinski definition) is 1. The van der Waals surface area contributed by atoms with E-state index in [-0.39, 0.29) is 24.0 Å². The summed E-state index contributed by atoms with van der Waals surface area (Å²) in [6.45, 7) is 11.7. The highest BCUT2D eigenvalue weighted by molar-refractivity contribution is 5.85. The van der Waals surface area contributed by atoms with Gasteiger partial charge in [0.25, 0.3) is 0 Å². The lowest BCUT2D eigenvalue weighted by Gasteiger charge is -2.09. The first-order chi connectivity index (χ1) is 10.9. The molecule has 0 radical (unpaired) electrons. The van der Waals surface area contributed by atoms with Crippen LogP contribution in [0.5, 0.6) is 0 Å². The lowest BCUT2D eigenvalue weighted by atomic mass is 10.0. The van der Waals surface area contributed by atoms with Crippen LogP contribution in [0.2, 0.25) is 0 Å². The highest BCUT2D eigenvalue weighted by Crippen LogP contribution is 2.01. The fraction of sp³-hybridized carbons (Fsp3) is 0.882. The van der Waals surface area contributed by atoms with Gasteiger partial charge in [-0.25, -0.2) is 0 Å². The highest BCUT2D eigenvalue weighted by Gasteiger charge is 2.09. The minimum atomic E-state index is -0.110. The van der Waals surface area contributed by atoms with Gasteiger partial charge in [0.2, 0.25) is 5.91 Å². The summed E-state index contributed by atoms with van der Waals surface area (Å²) in [5, 5.41) is 2.73. The Hall–Kier alpha value is -0.980. The second-order valence-electron chi connectivity index (χ2n) is 6.16. The Balaban J connectivity index is 3.26. The van der Waals surface area contributed by atoms with Crippen LogP contribution in [0.25, 0.3) is 0 Å². The molecule has 0 saturated carbocycles. The molecule has 0 rings (SSSR count). The van der Waals surface area contributed by atoms with E-state index in [2.05, 4.69) is 19.2 Å². The molecule has 0 spiro atoms. The monoisotopic (exact) mass is 331 g/mol. The third kappa shape index (κ3) is 15.7. The second-order valence-corrected chi connectivity index (χ2v) is 6.16. The van der Waals surface area contributed by atoms with E-state index in [4.69, 9.17) is 14.2 Å². The number of carbonyl (C=O) groups is 2. The van der Waals surface area contributed by atoms with Crippen LogP contribution < -0.4 is 5.32 Å². The minimum absolute atomic E-state index is 0.0121. The molecule has 0 aromatic carbocycles. The summed E-state index contributed by atoms with van der Waals surface area (Å²) < 4.78 is 16.1. The van der Waals surface area contributed by atoms with Gasteiger partial charge in [0, 0.05) is 31.9 Å². The van der Waals surface area contributed by atoms with Gasteiger partial charge in [0.15, 0.2) is 0 Å². The number of amides is 1. The molecule has 0 aromatic heterocycles. The standard InChI is InChI=1S/C17H33NO5/c1-14(2)13-23-12-11-22-10-9-21-8-7-18-17(20)6-5-16(19)15(3)4/h14-15H,5-13H2,1-4H3,(H,18,20). The molecule has 1 N–H and O–H groups in total. The van der Waals surface area contributed by atoms with Crippen molar-refractivity contribution < 1.29 is 23.8 Å². The molecule has 0 heterocycles. The van der Waals surface area contributed by atoms with Gasteiger partial charge >= 0.3 is 0 Å². The van der Waals surface area contributed by atoms with Crippen molar-refractivity contribution in [2.75, 3.05) is 46.2 Å². The molecular weight excluding hydrogens is 298 g/mol. The second kappa shape index (κ2) is 14.6. The van der Waals surface area contributed by atoms with Gasteiger partial charge in [-0.3, -0.25) is 9.59 Å². The lowest BCUT2D eigenvalue weighted by molar-refractivity contribution is -0.126. The smallest absolute Gasteiger partial charge is 0.220 e. The average molecular weight is 331 g/mol. The van der Waals surface area contributed by atoms with E-state index < -0.39 is 0 Å². The fourth-order valence-electron chi connectivity index (χ4n) is 1.64. The van der Waals surface area contributed by atoms with Crippen LogP contribution in [-0.2, 0) is 23.8 Å². The van der Waals surface area contributed by atoms with Crippen LogP contribution >= 0.6 is 0 Å². The van der Waals surface area contributed by atoms with Gasteiger partial charge in [0.05, 0.1) is 33.0 Å². The molecule has 0 aliphatic carbocycles. The van der Waals surface area contributed by atoms with E-state index in [0.717, 1.165) is 6.61 Å². The van der Waals surface area contributed by atoms with Crippen molar-refractivity contribution >= 4 is 11.7 Å². The van der Waals surface area contributed by atoms with E-state index >= 15 is 0 Å². The Morgan fingerprint density at radius 1 is 0.826 bits per heavy atom. The molecule has 0 aromatic rings. The maximum Gasteiger partial charge on any atom is 0.220 e. The predicted molar refractivity (Wildman–Crippen MR) is 89.4 cm³/mol. The van der Waals surface area contributed by atoms with Crippen molar-refractivity contribution in [1.82, 2.24) is 5.32 Å². The zero-order chi connectivity index (χ0) is 17.5. The molecule has 0 aliphatic heterocycles. The third-order valence-electron chi connectivity index (χ3n) is 3.01. The summed E-state index contributed by atoms with van der Waals surface area (Å²) in [6.07, 6.45) is 0.549. The Labute approximate surface area is 140 Å². The first kappa shape index (κ1) is 22.0. The molecule has 0 saturated heterocycles. The Kier molecular flexibility index (Phi) is 14.0. The molecule has 1 amide bonds. The summed E-state index contributed by atoms with van der Waals surface area (Å²) in [7, 11) is 0. The number of Topliss-reactive ketones (excluding diaryl/α,β-unsaturated/α-hetero) is 1. The highest BCUT2D eigenvalue weighted by atomic mass is 16.5. The fourth-order valence-corrected chi connectivity index (χ4v) is 1.64. The van der Waals surface area contributed by atoms with Crippen molar-refractivity contribution in [1.29, 1.82) is 0 Å². The topological polar surface area (TPSA) is 73.9 Å². The first-order valence-corrected chi connectivity index (χ1v) is 8.46. The number of carbonyl (C=O) groups excluding carboxylic acids is 2. The van der Waals surface area contributed by atoms with E-state index in [0.29, 0.717) is 51.9 Å². The molecular formula is C17H33NO5. The van der Waals surface area contributed by atoms with Crippen molar-refractivity contribution in [3.63, 3.8) is 0 Å². The molecule has 136 valence electrons. The van der Waals surface area contributed by atoms with Crippen molar-refractivity contribution in [2.24, 2.45) is 11.8 Å². The number of nitrogens with one attached hydrogen (secondary N) is 1. The van der Waals surface area contributed by atoms with Crippen LogP contribution in [0.3, 0.4) is 0 Å². The summed E-state index contributed by atoms with van der Waals surface area (Å²) in [5.74, 6) is 0.533. The third-order valence-corrected chi connectivity index (χ3v) is 3.01. The van der Waals surface area contributed by atoms with E-state index in [1.54, 1.807) is 0 Å². The van der Waals surface area contributed by atoms with Gasteiger partial charge in [-0.1, -0.05) is 27.7 Å². The molecule has 0 aliphatic rings. The maximum atomic E-state index is 11.5. The number of ether oxygens (including phenoxy) is 3. The summed E-state index contributed by atoms with van der Waals surface area (Å²) in [4.78, 5) is 22.9. The zero-order valence-corrected chi connectivity index (χ0v) is 15.1. The Morgan fingerprint density at radius 3 is 1.96 bits per heavy atom. The SMILES string of the molecule is CC(C)COCCOCCOCCNC(=O)CCC(=O)C(C)C. The summed E-state index contributed by atoms with van der Waals surface area (Å²) in [5.41, 5.74) is 0. The van der Waals surface area contributed by atoms with E-state index in [1.807, 2.05) is 13.8 Å². The number of hydrogen-bond acceptors (Lipinski definition) is 5. The van der Waals surface area contributed by atoms with Crippen LogP contribution in [0, 0.1) is 11.8 Å². The molecule has 23 heavy (non-hydrogen) atoms. The largest absolute Gasteiger partial charge is 0.379 e. The Morgan fingerprint density at radius 2 is 1.39 bits per heavy atom. The molecule has 0 fully saturated rings. The molecule has 6 heteroatoms. The van der Waals surface area contributed by atoms with Crippen molar-refractivity contribution in [3.8, 4) is 0 Å². The quantitative estimate of drug-likeness (QED) is 0.463. The van der Waals surface area contributed by atoms with Gasteiger partial charge in [0.1, 0.15) is 5.78 Å². The van der Waals surface area contributed by atoms with Gasteiger partial charge in [-0.05, 0) is 5.92 Å². The van der Waals surface area contributed by atoms with Gasteiger partial charge in [-0.2, -0.15) is 0 Å². The molecule has 0 atom stereocenters. The lowest BCUT2D eigenvalue weighted by Crippen LogP contribution is -2.28. The summed E-state index contributed by atoms with van der Waals surface area (Å²) >= 11 is 0. The zero-order valence-electron chi connectivity index (χ0n) is 15.1. The normalized spacial score (nSPS) is 11.2. The van der Waals surface area contributed by atoms with Crippen LogP contribution in [-0.4, -0.2) is 57.9 Å².